The molecule has 3 aromatic rings. The van der Waals surface area contributed by atoms with E-state index in [0.29, 0.717) is 19.0 Å². The topological polar surface area (TPSA) is 51.5 Å². The number of hydrogen-bond acceptors (Lipinski definition) is 4. The highest BCUT2D eigenvalue weighted by atomic mass is 32.2. The van der Waals surface area contributed by atoms with Crippen molar-refractivity contribution < 1.29 is 13.9 Å². The van der Waals surface area contributed by atoms with Crippen LogP contribution in [0.25, 0.3) is 0 Å². The Morgan fingerprint density at radius 2 is 1.88 bits per heavy atom. The molecule has 0 saturated carbocycles. The molecule has 25 heavy (non-hydrogen) atoms. The molecule has 0 saturated heterocycles. The van der Waals surface area contributed by atoms with E-state index in [9.17, 15) is 4.79 Å². The summed E-state index contributed by atoms with van der Waals surface area (Å²) in [6.45, 7) is 0.889. The van der Waals surface area contributed by atoms with Gasteiger partial charge in [-0.05, 0) is 42.0 Å². The second kappa shape index (κ2) is 9.11. The number of anilines is 1. The molecule has 0 aliphatic rings. The summed E-state index contributed by atoms with van der Waals surface area (Å²) in [5.41, 5.74) is 1.78. The standard InChI is InChI=1S/C20H19NO3S/c22-20(15-25-19-9-2-1-3-10-19)21-17-7-4-6-16(12-17)13-23-14-18-8-5-11-24-18/h1-12H,13-15H2,(H,21,22). The van der Waals surface area contributed by atoms with Gasteiger partial charge in [-0.25, -0.2) is 0 Å². The van der Waals surface area contributed by atoms with Crippen molar-refractivity contribution in [2.75, 3.05) is 11.1 Å². The molecule has 2 aromatic carbocycles. The van der Waals surface area contributed by atoms with Gasteiger partial charge >= 0.3 is 0 Å². The number of nitrogens with one attached hydrogen (secondary N) is 1. The molecule has 0 fully saturated rings. The Balaban J connectivity index is 1.46. The Bertz CT molecular complexity index is 788. The van der Waals surface area contributed by atoms with Gasteiger partial charge in [-0.3, -0.25) is 4.79 Å². The quantitative estimate of drug-likeness (QED) is 0.595. The smallest absolute Gasteiger partial charge is 0.234 e. The molecule has 0 atom stereocenters. The molecule has 3 rings (SSSR count). The van der Waals surface area contributed by atoms with Crippen molar-refractivity contribution in [3.63, 3.8) is 0 Å². The van der Waals surface area contributed by atoms with Crippen LogP contribution in [-0.4, -0.2) is 11.7 Å². The highest BCUT2D eigenvalue weighted by molar-refractivity contribution is 8.00. The molecule has 0 unspecified atom stereocenters. The lowest BCUT2D eigenvalue weighted by molar-refractivity contribution is -0.113. The number of carbonyl (C=O) groups excluding carboxylic acids is 1. The van der Waals surface area contributed by atoms with E-state index in [1.165, 1.54) is 11.8 Å². The first-order chi connectivity index (χ1) is 12.3. The van der Waals surface area contributed by atoms with Gasteiger partial charge in [0.05, 0.1) is 18.6 Å². The SMILES string of the molecule is O=C(CSc1ccccc1)Nc1cccc(COCc2ccco2)c1. The molecule has 1 heterocycles. The highest BCUT2D eigenvalue weighted by Crippen LogP contribution is 2.18. The zero-order valence-corrected chi connectivity index (χ0v) is 14.5. The molecule has 5 heteroatoms. The van der Waals surface area contributed by atoms with Crippen LogP contribution in [0.1, 0.15) is 11.3 Å². The van der Waals surface area contributed by atoms with Gasteiger partial charge in [0.25, 0.3) is 0 Å². The third kappa shape index (κ3) is 5.81. The van der Waals surface area contributed by atoms with E-state index in [0.717, 1.165) is 21.9 Å². The third-order valence-corrected chi connectivity index (χ3v) is 4.43. The predicted molar refractivity (Wildman–Crippen MR) is 99.4 cm³/mol. The van der Waals surface area contributed by atoms with Gasteiger partial charge in [-0.15, -0.1) is 11.8 Å². The molecule has 1 amide bonds. The summed E-state index contributed by atoms with van der Waals surface area (Å²) in [6, 6.07) is 21.3. The summed E-state index contributed by atoms with van der Waals surface area (Å²) in [4.78, 5) is 13.2. The first kappa shape index (κ1) is 17.3. The molecule has 0 aliphatic heterocycles. The monoisotopic (exact) mass is 353 g/mol. The lowest BCUT2D eigenvalue weighted by atomic mass is 10.2. The average molecular weight is 353 g/mol. The maximum Gasteiger partial charge on any atom is 0.234 e. The Morgan fingerprint density at radius 3 is 2.68 bits per heavy atom. The van der Waals surface area contributed by atoms with Crippen molar-refractivity contribution >= 4 is 23.4 Å². The second-order valence-corrected chi connectivity index (χ2v) is 6.47. The van der Waals surface area contributed by atoms with Gasteiger partial charge in [0.1, 0.15) is 12.4 Å². The van der Waals surface area contributed by atoms with Crippen LogP contribution in [0, 0.1) is 0 Å². The van der Waals surface area contributed by atoms with Gasteiger partial charge in [0, 0.05) is 10.6 Å². The molecule has 1 N–H and O–H groups in total. The van der Waals surface area contributed by atoms with E-state index < -0.39 is 0 Å². The molecule has 1 aromatic heterocycles. The minimum atomic E-state index is -0.0255. The van der Waals surface area contributed by atoms with Crippen LogP contribution in [-0.2, 0) is 22.7 Å². The van der Waals surface area contributed by atoms with Gasteiger partial charge < -0.3 is 14.5 Å². The first-order valence-corrected chi connectivity index (χ1v) is 8.95. The van der Waals surface area contributed by atoms with E-state index >= 15 is 0 Å². The lowest BCUT2D eigenvalue weighted by Gasteiger charge is -2.08. The Morgan fingerprint density at radius 1 is 1.00 bits per heavy atom. The van der Waals surface area contributed by atoms with Crippen molar-refractivity contribution in [1.29, 1.82) is 0 Å². The number of ether oxygens (including phenoxy) is 1. The zero-order valence-electron chi connectivity index (χ0n) is 13.7. The summed E-state index contributed by atoms with van der Waals surface area (Å²) in [5.74, 6) is 1.15. The summed E-state index contributed by atoms with van der Waals surface area (Å²) in [6.07, 6.45) is 1.63. The van der Waals surface area contributed by atoms with Crippen molar-refractivity contribution in [1.82, 2.24) is 0 Å². The molecular weight excluding hydrogens is 334 g/mol. The molecule has 0 radical (unpaired) electrons. The first-order valence-electron chi connectivity index (χ1n) is 7.96. The van der Waals surface area contributed by atoms with Gasteiger partial charge in [-0.1, -0.05) is 30.3 Å². The normalized spacial score (nSPS) is 10.6. The van der Waals surface area contributed by atoms with E-state index in [2.05, 4.69) is 5.32 Å². The van der Waals surface area contributed by atoms with Gasteiger partial charge in [0.15, 0.2) is 0 Å². The minimum Gasteiger partial charge on any atom is -0.467 e. The van der Waals surface area contributed by atoms with Crippen molar-refractivity contribution in [3.8, 4) is 0 Å². The molecule has 0 spiro atoms. The number of thioether (sulfide) groups is 1. The molecule has 128 valence electrons. The predicted octanol–water partition coefficient (Wildman–Crippen LogP) is 4.73. The Kier molecular flexibility index (Phi) is 6.31. The fraction of sp³-hybridized carbons (Fsp3) is 0.150. The minimum absolute atomic E-state index is 0.0255. The summed E-state index contributed by atoms with van der Waals surface area (Å²) >= 11 is 1.52. The largest absolute Gasteiger partial charge is 0.467 e. The third-order valence-electron chi connectivity index (χ3n) is 3.42. The Hall–Kier alpha value is -2.50. The van der Waals surface area contributed by atoms with Crippen molar-refractivity contribution in [2.24, 2.45) is 0 Å². The van der Waals surface area contributed by atoms with Crippen LogP contribution in [0.2, 0.25) is 0 Å². The van der Waals surface area contributed by atoms with E-state index in [1.54, 1.807) is 6.26 Å². The number of furan rings is 1. The zero-order chi connectivity index (χ0) is 17.3. The molecule has 0 bridgehead atoms. The fourth-order valence-electron chi connectivity index (χ4n) is 2.27. The van der Waals surface area contributed by atoms with Gasteiger partial charge in [-0.2, -0.15) is 0 Å². The Labute approximate surface area is 151 Å². The van der Waals surface area contributed by atoms with E-state index in [4.69, 9.17) is 9.15 Å². The van der Waals surface area contributed by atoms with Crippen molar-refractivity contribution in [2.45, 2.75) is 18.1 Å². The fourth-order valence-corrected chi connectivity index (χ4v) is 2.99. The maximum atomic E-state index is 12.1. The molecule has 0 aliphatic carbocycles. The summed E-state index contributed by atoms with van der Waals surface area (Å²) in [5, 5.41) is 2.92. The van der Waals surface area contributed by atoms with Crippen LogP contribution in [0.3, 0.4) is 0 Å². The summed E-state index contributed by atoms with van der Waals surface area (Å²) < 4.78 is 10.8. The number of carbonyl (C=O) groups is 1. The van der Waals surface area contributed by atoms with Gasteiger partial charge in [0.2, 0.25) is 5.91 Å². The maximum absolute atomic E-state index is 12.1. The van der Waals surface area contributed by atoms with Crippen LogP contribution < -0.4 is 5.32 Å². The van der Waals surface area contributed by atoms with Crippen LogP contribution in [0.5, 0.6) is 0 Å². The van der Waals surface area contributed by atoms with E-state index in [-0.39, 0.29) is 5.91 Å². The number of amides is 1. The second-order valence-electron chi connectivity index (χ2n) is 5.42. The van der Waals surface area contributed by atoms with E-state index in [1.807, 2.05) is 66.7 Å². The summed E-state index contributed by atoms with van der Waals surface area (Å²) in [7, 11) is 0. The molecule has 4 nitrogen and oxygen atoms in total. The number of benzene rings is 2. The highest BCUT2D eigenvalue weighted by Gasteiger charge is 2.05. The molecular formula is C20H19NO3S. The lowest BCUT2D eigenvalue weighted by Crippen LogP contribution is -2.14. The number of hydrogen-bond donors (Lipinski definition) is 1. The van der Waals surface area contributed by atoms with Crippen LogP contribution in [0.4, 0.5) is 5.69 Å². The number of rotatable bonds is 8. The average Bonchev–Trinajstić information content (AvgIpc) is 3.15. The van der Waals surface area contributed by atoms with Crippen molar-refractivity contribution in [3.05, 3.63) is 84.3 Å². The van der Waals surface area contributed by atoms with Crippen LogP contribution >= 0.6 is 11.8 Å². The van der Waals surface area contributed by atoms with Crippen LogP contribution in [0.15, 0.2) is 82.3 Å².